The number of carboxylic acids is 1. The molecule has 0 radical (unpaired) electrons. The van der Waals surface area contributed by atoms with Gasteiger partial charge in [-0.05, 0) is 54.3 Å². The van der Waals surface area contributed by atoms with Gasteiger partial charge in [-0.2, -0.15) is 0 Å². The van der Waals surface area contributed by atoms with Gasteiger partial charge in [0.25, 0.3) is 0 Å². The lowest BCUT2D eigenvalue weighted by atomic mass is 9.88. The van der Waals surface area contributed by atoms with Crippen molar-refractivity contribution in [2.45, 2.75) is 38.6 Å². The Morgan fingerprint density at radius 1 is 1.14 bits per heavy atom. The molecular weight excluding hydrogens is 420 g/mol. The maximum atomic E-state index is 13.3. The number of carboxylic acid groups (broad SMARTS) is 1. The SMILES string of the molecule is O=C(O)C=Cc1ccnc(N(Cc2ccc(Br)cc2)C(=O)C2CCCCC2)c1. The third-order valence-corrected chi connectivity index (χ3v) is 5.47. The van der Waals surface area contributed by atoms with Crippen molar-refractivity contribution in [3.05, 3.63) is 64.3 Å². The molecule has 5 nitrogen and oxygen atoms in total. The first kappa shape index (κ1) is 20.3. The van der Waals surface area contributed by atoms with Crippen LogP contribution in [0.2, 0.25) is 0 Å². The van der Waals surface area contributed by atoms with Crippen LogP contribution in [-0.4, -0.2) is 22.0 Å². The Morgan fingerprint density at radius 3 is 2.54 bits per heavy atom. The van der Waals surface area contributed by atoms with E-state index in [0.717, 1.165) is 41.8 Å². The fourth-order valence-corrected chi connectivity index (χ4v) is 3.73. The fraction of sp³-hybridized carbons (Fsp3) is 0.318. The molecule has 146 valence electrons. The molecule has 6 heteroatoms. The zero-order chi connectivity index (χ0) is 19.9. The van der Waals surface area contributed by atoms with E-state index < -0.39 is 5.97 Å². The molecule has 0 atom stereocenters. The van der Waals surface area contributed by atoms with Crippen LogP contribution in [0.3, 0.4) is 0 Å². The van der Waals surface area contributed by atoms with Crippen molar-refractivity contribution in [1.82, 2.24) is 4.98 Å². The molecule has 28 heavy (non-hydrogen) atoms. The molecule has 0 aliphatic heterocycles. The lowest BCUT2D eigenvalue weighted by molar-refractivity contribution is -0.131. The van der Waals surface area contributed by atoms with Crippen LogP contribution in [0.5, 0.6) is 0 Å². The van der Waals surface area contributed by atoms with Crippen LogP contribution in [0.25, 0.3) is 6.08 Å². The van der Waals surface area contributed by atoms with Crippen molar-refractivity contribution in [2.75, 3.05) is 4.90 Å². The van der Waals surface area contributed by atoms with Crippen LogP contribution >= 0.6 is 15.9 Å². The summed E-state index contributed by atoms with van der Waals surface area (Å²) < 4.78 is 0.986. The Hall–Kier alpha value is -2.47. The van der Waals surface area contributed by atoms with Gasteiger partial charge in [-0.3, -0.25) is 9.69 Å². The van der Waals surface area contributed by atoms with Crippen molar-refractivity contribution >= 4 is 39.7 Å². The molecule has 1 aromatic carbocycles. The highest BCUT2D eigenvalue weighted by Crippen LogP contribution is 2.28. The van der Waals surface area contributed by atoms with E-state index in [4.69, 9.17) is 5.11 Å². The van der Waals surface area contributed by atoms with Gasteiger partial charge in [0.15, 0.2) is 0 Å². The number of pyridine rings is 1. The maximum Gasteiger partial charge on any atom is 0.328 e. The summed E-state index contributed by atoms with van der Waals surface area (Å²) in [6.45, 7) is 0.432. The second-order valence-electron chi connectivity index (χ2n) is 7.00. The standard InChI is InChI=1S/C22H23BrN2O3/c23-19-9-6-17(7-10-19)15-25(22(28)18-4-2-1-3-5-18)20-14-16(12-13-24-20)8-11-21(26)27/h6-14,18H,1-5,15H2,(H,26,27). The number of amides is 1. The minimum atomic E-state index is -1.01. The summed E-state index contributed by atoms with van der Waals surface area (Å²) in [6.07, 6.45) is 9.37. The van der Waals surface area contributed by atoms with Gasteiger partial charge in [0.1, 0.15) is 5.82 Å². The maximum absolute atomic E-state index is 13.3. The topological polar surface area (TPSA) is 70.5 Å². The van der Waals surface area contributed by atoms with Gasteiger partial charge in [-0.15, -0.1) is 0 Å². The highest BCUT2D eigenvalue weighted by molar-refractivity contribution is 9.10. The van der Waals surface area contributed by atoms with Crippen LogP contribution in [0.4, 0.5) is 5.82 Å². The molecular formula is C22H23BrN2O3. The molecule has 1 aromatic heterocycles. The Morgan fingerprint density at radius 2 is 1.86 bits per heavy atom. The number of benzene rings is 1. The summed E-state index contributed by atoms with van der Waals surface area (Å²) in [5.74, 6) is -0.354. The minimum Gasteiger partial charge on any atom is -0.478 e. The molecule has 2 aromatic rings. The first-order valence-corrected chi connectivity index (χ1v) is 10.2. The van der Waals surface area contributed by atoms with Crippen LogP contribution in [0.15, 0.2) is 53.1 Å². The highest BCUT2D eigenvalue weighted by atomic mass is 79.9. The lowest BCUT2D eigenvalue weighted by Gasteiger charge is -2.29. The zero-order valence-electron chi connectivity index (χ0n) is 15.6. The van der Waals surface area contributed by atoms with E-state index in [9.17, 15) is 9.59 Å². The van der Waals surface area contributed by atoms with Crippen LogP contribution in [0.1, 0.15) is 43.2 Å². The van der Waals surface area contributed by atoms with Crippen LogP contribution < -0.4 is 4.90 Å². The van der Waals surface area contributed by atoms with Gasteiger partial charge in [0.2, 0.25) is 5.91 Å². The van der Waals surface area contributed by atoms with E-state index in [0.29, 0.717) is 17.9 Å². The van der Waals surface area contributed by atoms with Gasteiger partial charge in [-0.1, -0.05) is 47.3 Å². The van der Waals surface area contributed by atoms with Gasteiger partial charge < -0.3 is 5.11 Å². The predicted molar refractivity (Wildman–Crippen MR) is 113 cm³/mol. The quantitative estimate of drug-likeness (QED) is 0.634. The Balaban J connectivity index is 1.90. The number of aromatic nitrogens is 1. The summed E-state index contributed by atoms with van der Waals surface area (Å²) in [4.78, 5) is 30.3. The molecule has 1 saturated carbocycles. The van der Waals surface area contributed by atoms with E-state index in [1.165, 1.54) is 12.5 Å². The minimum absolute atomic E-state index is 0.0178. The molecule has 3 rings (SSSR count). The summed E-state index contributed by atoms with van der Waals surface area (Å²) in [5, 5.41) is 8.86. The normalized spacial score (nSPS) is 14.9. The predicted octanol–water partition coefficient (Wildman–Crippen LogP) is 5.06. The second-order valence-corrected chi connectivity index (χ2v) is 7.92. The van der Waals surface area contributed by atoms with Gasteiger partial charge in [0, 0.05) is 22.7 Å². The van der Waals surface area contributed by atoms with E-state index in [1.807, 2.05) is 24.3 Å². The van der Waals surface area contributed by atoms with Crippen LogP contribution in [0, 0.1) is 5.92 Å². The second kappa shape index (κ2) is 9.64. The Bertz CT molecular complexity index is 858. The first-order valence-electron chi connectivity index (χ1n) is 9.46. The summed E-state index contributed by atoms with van der Waals surface area (Å²) >= 11 is 3.44. The van der Waals surface area contributed by atoms with E-state index in [1.54, 1.807) is 23.2 Å². The van der Waals surface area contributed by atoms with Crippen molar-refractivity contribution in [1.29, 1.82) is 0 Å². The number of aliphatic carboxylic acids is 1. The molecule has 0 saturated heterocycles. The molecule has 0 spiro atoms. The summed E-state index contributed by atoms with van der Waals surface area (Å²) in [6, 6.07) is 11.4. The average molecular weight is 443 g/mol. The molecule has 1 aliphatic rings. The summed E-state index contributed by atoms with van der Waals surface area (Å²) in [5.41, 5.74) is 1.71. The highest BCUT2D eigenvalue weighted by Gasteiger charge is 2.27. The van der Waals surface area contributed by atoms with E-state index in [-0.39, 0.29) is 11.8 Å². The van der Waals surface area contributed by atoms with Crippen molar-refractivity contribution in [3.63, 3.8) is 0 Å². The van der Waals surface area contributed by atoms with Crippen molar-refractivity contribution < 1.29 is 14.7 Å². The number of carbonyl (C=O) groups is 2. The van der Waals surface area contributed by atoms with Gasteiger partial charge >= 0.3 is 5.97 Å². The largest absolute Gasteiger partial charge is 0.478 e. The number of rotatable bonds is 6. The smallest absolute Gasteiger partial charge is 0.328 e. The zero-order valence-corrected chi connectivity index (χ0v) is 17.1. The van der Waals surface area contributed by atoms with Crippen molar-refractivity contribution in [2.24, 2.45) is 5.92 Å². The average Bonchev–Trinajstić information content (AvgIpc) is 2.72. The fourth-order valence-electron chi connectivity index (χ4n) is 3.47. The monoisotopic (exact) mass is 442 g/mol. The number of halogens is 1. The number of anilines is 1. The Kier molecular flexibility index (Phi) is 6.98. The number of hydrogen-bond donors (Lipinski definition) is 1. The molecule has 0 bridgehead atoms. The van der Waals surface area contributed by atoms with Gasteiger partial charge in [-0.25, -0.2) is 9.78 Å². The number of nitrogens with zero attached hydrogens (tertiary/aromatic N) is 2. The molecule has 1 heterocycles. The summed E-state index contributed by atoms with van der Waals surface area (Å²) in [7, 11) is 0. The first-order chi connectivity index (χ1) is 13.5. The Labute approximate surface area is 173 Å². The van der Waals surface area contributed by atoms with Crippen LogP contribution in [-0.2, 0) is 16.1 Å². The molecule has 0 unspecified atom stereocenters. The van der Waals surface area contributed by atoms with Crippen molar-refractivity contribution in [3.8, 4) is 0 Å². The molecule has 1 N–H and O–H groups in total. The number of carbonyl (C=O) groups excluding carboxylic acids is 1. The van der Waals surface area contributed by atoms with Gasteiger partial charge in [0.05, 0.1) is 6.54 Å². The third-order valence-electron chi connectivity index (χ3n) is 4.94. The number of hydrogen-bond acceptors (Lipinski definition) is 3. The van der Waals surface area contributed by atoms with E-state index in [2.05, 4.69) is 20.9 Å². The van der Waals surface area contributed by atoms with E-state index >= 15 is 0 Å². The lowest BCUT2D eigenvalue weighted by Crippen LogP contribution is -2.37. The molecule has 1 amide bonds. The third kappa shape index (κ3) is 5.52. The molecule has 1 aliphatic carbocycles. The molecule has 1 fully saturated rings.